The maximum absolute atomic E-state index is 12.6. The molecule has 5 rings (SSSR count). The zero-order valence-electron chi connectivity index (χ0n) is 23.1. The third-order valence-electron chi connectivity index (χ3n) is 7.01. The molecule has 1 aromatic heterocycles. The van der Waals surface area contributed by atoms with Gasteiger partial charge in [-0.05, 0) is 81.6 Å². The standard InChI is InChI=1S/C31H32Cl2N2O4S/c1-18-16-23-27(25(19-6-10-21(32)11-7-19)24(18)26(28(36)37)39-30(2,3)4)40-29(34-23)35-14-15-38-31(5,17-35)20-8-12-22(33)13-9-20/h6-13,16,26H,14-15,17H2,1-5H3,(H,36,37)/t26-,31?/m0/s1. The molecule has 1 N–H and O–H groups in total. The average Bonchev–Trinajstić information content (AvgIpc) is 3.31. The van der Waals surface area contributed by atoms with Crippen LogP contribution in [0.25, 0.3) is 21.3 Å². The highest BCUT2D eigenvalue weighted by atomic mass is 35.5. The van der Waals surface area contributed by atoms with Crippen molar-refractivity contribution in [2.45, 2.75) is 51.9 Å². The molecule has 1 saturated heterocycles. The van der Waals surface area contributed by atoms with Crippen molar-refractivity contribution in [3.8, 4) is 11.1 Å². The minimum atomic E-state index is -1.16. The Kier molecular flexibility index (Phi) is 7.89. The van der Waals surface area contributed by atoms with Crippen molar-refractivity contribution in [1.29, 1.82) is 0 Å². The summed E-state index contributed by atoms with van der Waals surface area (Å²) in [5.41, 5.74) is 3.76. The summed E-state index contributed by atoms with van der Waals surface area (Å²) in [6, 6.07) is 17.2. The molecule has 0 spiro atoms. The van der Waals surface area contributed by atoms with E-state index in [4.69, 9.17) is 37.7 Å². The van der Waals surface area contributed by atoms with Crippen molar-refractivity contribution in [2.24, 2.45) is 0 Å². The van der Waals surface area contributed by atoms with E-state index in [1.807, 2.05) is 82.3 Å². The van der Waals surface area contributed by atoms with Crippen molar-refractivity contribution in [3.05, 3.63) is 81.3 Å². The molecule has 1 aliphatic heterocycles. The van der Waals surface area contributed by atoms with Crippen LogP contribution in [-0.2, 0) is 19.9 Å². The molecule has 0 saturated carbocycles. The monoisotopic (exact) mass is 598 g/mol. The molecular weight excluding hydrogens is 567 g/mol. The van der Waals surface area contributed by atoms with E-state index in [1.54, 1.807) is 11.3 Å². The van der Waals surface area contributed by atoms with Crippen LogP contribution in [0.1, 0.15) is 50.5 Å². The van der Waals surface area contributed by atoms with E-state index in [-0.39, 0.29) is 0 Å². The number of thiazole rings is 1. The second kappa shape index (κ2) is 11.0. The molecule has 1 unspecified atom stereocenters. The number of hydrogen-bond acceptors (Lipinski definition) is 6. The number of carbonyl (C=O) groups is 1. The highest BCUT2D eigenvalue weighted by Gasteiger charge is 2.36. The number of aliphatic carboxylic acids is 1. The normalized spacial score (nSPS) is 18.7. The van der Waals surface area contributed by atoms with Gasteiger partial charge in [-0.2, -0.15) is 0 Å². The SMILES string of the molecule is Cc1cc2nc(N3CCOC(C)(c4ccc(Cl)cc4)C3)sc2c(-c2ccc(Cl)cc2)c1[C@H](OC(C)(C)C)C(=O)O. The molecule has 9 heteroatoms. The molecular formula is C31H32Cl2N2O4S. The van der Waals surface area contributed by atoms with Crippen molar-refractivity contribution in [3.63, 3.8) is 0 Å². The summed E-state index contributed by atoms with van der Waals surface area (Å²) >= 11 is 13.9. The van der Waals surface area contributed by atoms with Crippen LogP contribution >= 0.6 is 34.5 Å². The van der Waals surface area contributed by atoms with Gasteiger partial charge in [-0.3, -0.25) is 0 Å². The van der Waals surface area contributed by atoms with Gasteiger partial charge in [0.2, 0.25) is 0 Å². The maximum Gasteiger partial charge on any atom is 0.337 e. The fourth-order valence-corrected chi connectivity index (χ4v) is 6.57. The van der Waals surface area contributed by atoms with Gasteiger partial charge in [0, 0.05) is 27.7 Å². The molecule has 6 nitrogen and oxygen atoms in total. The Morgan fingerprint density at radius 3 is 2.35 bits per heavy atom. The van der Waals surface area contributed by atoms with Crippen LogP contribution in [0.4, 0.5) is 5.13 Å². The second-order valence-corrected chi connectivity index (χ2v) is 13.1. The van der Waals surface area contributed by atoms with E-state index in [1.165, 1.54) is 0 Å². The number of carboxylic acids is 1. The minimum absolute atomic E-state index is 0.532. The highest BCUT2D eigenvalue weighted by Crippen LogP contribution is 2.45. The first kappa shape index (κ1) is 28.8. The van der Waals surface area contributed by atoms with E-state index in [0.717, 1.165) is 37.6 Å². The molecule has 0 bridgehead atoms. The molecule has 1 aliphatic rings. The Morgan fingerprint density at radius 2 is 1.75 bits per heavy atom. The smallest absolute Gasteiger partial charge is 0.337 e. The summed E-state index contributed by atoms with van der Waals surface area (Å²) in [4.78, 5) is 19.9. The molecule has 0 amide bonds. The molecule has 210 valence electrons. The van der Waals surface area contributed by atoms with E-state index < -0.39 is 23.3 Å². The first-order valence-electron chi connectivity index (χ1n) is 13.1. The van der Waals surface area contributed by atoms with Gasteiger partial charge in [0.25, 0.3) is 0 Å². The van der Waals surface area contributed by atoms with Crippen LogP contribution in [0.5, 0.6) is 0 Å². The number of carboxylic acid groups (broad SMARTS) is 1. The van der Waals surface area contributed by atoms with Crippen LogP contribution < -0.4 is 4.90 Å². The van der Waals surface area contributed by atoms with Gasteiger partial charge in [-0.25, -0.2) is 9.78 Å². The lowest BCUT2D eigenvalue weighted by Gasteiger charge is -2.40. The predicted molar refractivity (Wildman–Crippen MR) is 163 cm³/mol. The van der Waals surface area contributed by atoms with E-state index in [2.05, 4.69) is 11.8 Å². The molecule has 1 fully saturated rings. The Morgan fingerprint density at radius 1 is 1.12 bits per heavy atom. The van der Waals surface area contributed by atoms with E-state index in [9.17, 15) is 9.90 Å². The number of anilines is 1. The summed E-state index contributed by atoms with van der Waals surface area (Å²) < 4.78 is 13.3. The Labute approximate surface area is 248 Å². The molecule has 3 aromatic carbocycles. The van der Waals surface area contributed by atoms with Gasteiger partial charge in [0.15, 0.2) is 11.2 Å². The number of nitrogens with zero attached hydrogens (tertiary/aromatic N) is 2. The fourth-order valence-electron chi connectivity index (χ4n) is 5.17. The third-order valence-corrected chi connectivity index (χ3v) is 8.66. The van der Waals surface area contributed by atoms with E-state index >= 15 is 0 Å². The number of rotatable bonds is 6. The van der Waals surface area contributed by atoms with E-state index in [0.29, 0.717) is 35.3 Å². The number of halogens is 2. The maximum atomic E-state index is 12.6. The Balaban J connectivity index is 1.65. The zero-order chi connectivity index (χ0) is 28.8. The van der Waals surface area contributed by atoms with Gasteiger partial charge in [-0.1, -0.05) is 58.8 Å². The molecule has 4 aromatic rings. The van der Waals surface area contributed by atoms with Crippen LogP contribution in [0.3, 0.4) is 0 Å². The largest absolute Gasteiger partial charge is 0.479 e. The first-order chi connectivity index (χ1) is 18.8. The highest BCUT2D eigenvalue weighted by molar-refractivity contribution is 7.22. The van der Waals surface area contributed by atoms with Gasteiger partial charge in [0.05, 0.1) is 29.0 Å². The number of hydrogen-bond donors (Lipinski definition) is 1. The third kappa shape index (κ3) is 5.85. The minimum Gasteiger partial charge on any atom is -0.479 e. The summed E-state index contributed by atoms with van der Waals surface area (Å²) in [5, 5.41) is 12.4. The van der Waals surface area contributed by atoms with Crippen molar-refractivity contribution in [2.75, 3.05) is 24.6 Å². The molecule has 0 aliphatic carbocycles. The number of ether oxygens (including phenoxy) is 2. The zero-order valence-corrected chi connectivity index (χ0v) is 25.5. The molecule has 0 radical (unpaired) electrons. The lowest BCUT2D eigenvalue weighted by Crippen LogP contribution is -2.48. The van der Waals surface area contributed by atoms with Crippen LogP contribution in [0, 0.1) is 6.92 Å². The summed E-state index contributed by atoms with van der Waals surface area (Å²) in [7, 11) is 0. The van der Waals surface area contributed by atoms with Crippen molar-refractivity contribution >= 4 is 55.9 Å². The van der Waals surface area contributed by atoms with Crippen LogP contribution in [-0.4, -0.2) is 41.4 Å². The topological polar surface area (TPSA) is 71.9 Å². The van der Waals surface area contributed by atoms with Gasteiger partial charge < -0.3 is 19.5 Å². The summed E-state index contributed by atoms with van der Waals surface area (Å²) in [5.74, 6) is -1.04. The average molecular weight is 600 g/mol. The van der Waals surface area contributed by atoms with Gasteiger partial charge >= 0.3 is 5.97 Å². The number of fused-ring (bicyclic) bond motifs is 1. The quantitative estimate of drug-likeness (QED) is 0.241. The Hall–Kier alpha value is -2.68. The molecule has 2 atom stereocenters. The summed E-state index contributed by atoms with van der Waals surface area (Å²) in [6.07, 6.45) is -1.16. The van der Waals surface area contributed by atoms with Gasteiger partial charge in [-0.15, -0.1) is 0 Å². The van der Waals surface area contributed by atoms with Crippen molar-refractivity contribution in [1.82, 2.24) is 4.98 Å². The lowest BCUT2D eigenvalue weighted by molar-refractivity contribution is -0.160. The first-order valence-corrected chi connectivity index (χ1v) is 14.7. The van der Waals surface area contributed by atoms with Crippen LogP contribution in [0.2, 0.25) is 10.0 Å². The fraction of sp³-hybridized carbons (Fsp3) is 0.355. The van der Waals surface area contributed by atoms with Crippen LogP contribution in [0.15, 0.2) is 54.6 Å². The second-order valence-electron chi connectivity index (χ2n) is 11.3. The predicted octanol–water partition coefficient (Wildman–Crippen LogP) is 8.27. The Bertz CT molecular complexity index is 1550. The van der Waals surface area contributed by atoms with Gasteiger partial charge in [0.1, 0.15) is 5.60 Å². The number of morpholine rings is 1. The molecule has 2 heterocycles. The number of aryl methyl sites for hydroxylation is 1. The van der Waals surface area contributed by atoms with Crippen molar-refractivity contribution < 1.29 is 19.4 Å². The lowest BCUT2D eigenvalue weighted by atomic mass is 9.91. The number of aromatic nitrogens is 1. The molecule has 40 heavy (non-hydrogen) atoms. The number of benzene rings is 3. The summed E-state index contributed by atoms with van der Waals surface area (Å²) in [6.45, 7) is 11.4.